The summed E-state index contributed by atoms with van der Waals surface area (Å²) in [5.74, 6) is -0.413. The van der Waals surface area contributed by atoms with Crippen LogP contribution < -0.4 is 4.18 Å². The molecule has 198 valence electrons. The standard InChI is InChI=1S/C28H30F3NO4S/c1-4-20(3)32(27(33)26(5-2)22-12-7-6-8-13-22)19-21-11-9-15-24(17-21)36-37(34,35)25-16-10-14-23(18-25)28(29,30)31/h6-18,20,26H,4-5,19H2,1-3H3. The lowest BCUT2D eigenvalue weighted by molar-refractivity contribution is -0.138. The van der Waals surface area contributed by atoms with E-state index in [-0.39, 0.29) is 30.2 Å². The van der Waals surface area contributed by atoms with Crippen molar-refractivity contribution in [1.82, 2.24) is 4.90 Å². The highest BCUT2D eigenvalue weighted by Gasteiger charge is 2.32. The molecular formula is C28H30F3NO4S. The van der Waals surface area contributed by atoms with Gasteiger partial charge < -0.3 is 9.08 Å². The van der Waals surface area contributed by atoms with Gasteiger partial charge in [0.1, 0.15) is 10.6 Å². The number of nitrogens with zero attached hydrogens (tertiary/aromatic N) is 1. The van der Waals surface area contributed by atoms with Gasteiger partial charge >= 0.3 is 16.3 Å². The van der Waals surface area contributed by atoms with Crippen LogP contribution >= 0.6 is 0 Å². The van der Waals surface area contributed by atoms with Crippen molar-refractivity contribution >= 4 is 16.0 Å². The van der Waals surface area contributed by atoms with Crippen molar-refractivity contribution < 1.29 is 30.6 Å². The van der Waals surface area contributed by atoms with Crippen molar-refractivity contribution in [2.45, 2.75) is 63.2 Å². The van der Waals surface area contributed by atoms with E-state index in [1.807, 2.05) is 51.1 Å². The molecule has 0 aliphatic heterocycles. The molecular weight excluding hydrogens is 503 g/mol. The average molecular weight is 534 g/mol. The number of carbonyl (C=O) groups excluding carboxylic acids is 1. The Kier molecular flexibility index (Phi) is 9.02. The largest absolute Gasteiger partial charge is 0.416 e. The Morgan fingerprint density at radius 2 is 1.59 bits per heavy atom. The molecule has 0 N–H and O–H groups in total. The van der Waals surface area contributed by atoms with Crippen molar-refractivity contribution in [2.24, 2.45) is 0 Å². The highest BCUT2D eigenvalue weighted by molar-refractivity contribution is 7.87. The lowest BCUT2D eigenvalue weighted by atomic mass is 9.94. The summed E-state index contributed by atoms with van der Waals surface area (Å²) in [6, 6.07) is 19.1. The van der Waals surface area contributed by atoms with Crippen molar-refractivity contribution in [1.29, 1.82) is 0 Å². The second kappa shape index (κ2) is 11.8. The van der Waals surface area contributed by atoms with E-state index in [9.17, 15) is 26.4 Å². The molecule has 2 unspecified atom stereocenters. The van der Waals surface area contributed by atoms with Crippen molar-refractivity contribution in [3.63, 3.8) is 0 Å². The first kappa shape index (κ1) is 28.2. The molecule has 5 nitrogen and oxygen atoms in total. The smallest absolute Gasteiger partial charge is 0.379 e. The molecule has 0 heterocycles. The molecule has 3 rings (SSSR count). The Hall–Kier alpha value is -3.33. The topological polar surface area (TPSA) is 63.7 Å². The predicted octanol–water partition coefficient (Wildman–Crippen LogP) is 6.79. The van der Waals surface area contributed by atoms with E-state index in [0.29, 0.717) is 18.1 Å². The zero-order chi connectivity index (χ0) is 27.2. The first-order chi connectivity index (χ1) is 17.5. The molecule has 0 aliphatic rings. The van der Waals surface area contributed by atoms with E-state index < -0.39 is 26.8 Å². The molecule has 0 fully saturated rings. The molecule has 9 heteroatoms. The van der Waals surface area contributed by atoms with Crippen molar-refractivity contribution in [2.75, 3.05) is 0 Å². The Morgan fingerprint density at radius 1 is 0.919 bits per heavy atom. The number of alkyl halides is 3. The van der Waals surface area contributed by atoms with Gasteiger partial charge in [-0.3, -0.25) is 4.79 Å². The van der Waals surface area contributed by atoms with Gasteiger partial charge in [0, 0.05) is 12.6 Å². The second-order valence-electron chi connectivity index (χ2n) is 8.81. The van der Waals surface area contributed by atoms with E-state index >= 15 is 0 Å². The van der Waals surface area contributed by atoms with Crippen molar-refractivity contribution in [3.05, 3.63) is 95.6 Å². The molecule has 0 saturated heterocycles. The monoisotopic (exact) mass is 533 g/mol. The molecule has 0 saturated carbocycles. The minimum Gasteiger partial charge on any atom is -0.379 e. The molecule has 0 aliphatic carbocycles. The Morgan fingerprint density at radius 3 is 2.22 bits per heavy atom. The van der Waals surface area contributed by atoms with Gasteiger partial charge in [0.25, 0.3) is 0 Å². The fraction of sp³-hybridized carbons (Fsp3) is 0.321. The highest BCUT2D eigenvalue weighted by atomic mass is 32.2. The third kappa shape index (κ3) is 7.13. The molecule has 3 aromatic carbocycles. The SMILES string of the molecule is CCC(C(=O)N(Cc1cccc(OS(=O)(=O)c2cccc(C(F)(F)F)c2)c1)C(C)CC)c1ccccc1. The number of halogens is 3. The fourth-order valence-corrected chi connectivity index (χ4v) is 4.97. The van der Waals surface area contributed by atoms with Gasteiger partial charge in [-0.1, -0.05) is 62.4 Å². The summed E-state index contributed by atoms with van der Waals surface area (Å²) in [6.07, 6.45) is -3.35. The third-order valence-electron chi connectivity index (χ3n) is 6.22. The number of amides is 1. The predicted molar refractivity (Wildman–Crippen MR) is 135 cm³/mol. The number of hydrogen-bond donors (Lipinski definition) is 0. The molecule has 0 aromatic heterocycles. The minimum absolute atomic E-state index is 0.0361. The van der Waals surface area contributed by atoms with Gasteiger partial charge in [-0.15, -0.1) is 0 Å². The first-order valence-corrected chi connectivity index (χ1v) is 13.4. The lowest BCUT2D eigenvalue weighted by Crippen LogP contribution is -2.40. The molecule has 37 heavy (non-hydrogen) atoms. The van der Waals surface area contributed by atoms with E-state index in [1.54, 1.807) is 17.0 Å². The van der Waals surface area contributed by atoms with Gasteiger partial charge in [-0.25, -0.2) is 0 Å². The lowest BCUT2D eigenvalue weighted by Gasteiger charge is -2.32. The number of benzene rings is 3. The van der Waals surface area contributed by atoms with Gasteiger partial charge in [-0.2, -0.15) is 21.6 Å². The summed E-state index contributed by atoms with van der Waals surface area (Å²) in [5, 5.41) is 0. The van der Waals surface area contributed by atoms with Crippen molar-refractivity contribution in [3.8, 4) is 5.75 Å². The summed E-state index contributed by atoms with van der Waals surface area (Å²) in [7, 11) is -4.51. The first-order valence-electron chi connectivity index (χ1n) is 12.0. The number of carbonyl (C=O) groups is 1. The molecule has 3 aromatic rings. The molecule has 1 amide bonds. The molecule has 0 bridgehead atoms. The van der Waals surface area contributed by atoms with Crippen LogP contribution in [0.15, 0.2) is 83.8 Å². The van der Waals surface area contributed by atoms with E-state index in [0.717, 1.165) is 30.2 Å². The van der Waals surface area contributed by atoms with E-state index in [2.05, 4.69) is 0 Å². The van der Waals surface area contributed by atoms with Crippen LogP contribution in [-0.4, -0.2) is 25.3 Å². The van der Waals surface area contributed by atoms with Crippen LogP contribution in [0.3, 0.4) is 0 Å². The fourth-order valence-electron chi connectivity index (χ4n) is 4.00. The summed E-state index contributed by atoms with van der Waals surface area (Å²) < 4.78 is 69.7. The minimum atomic E-state index is -4.69. The molecule has 0 radical (unpaired) electrons. The Balaban J connectivity index is 1.85. The Labute approximate surface area is 216 Å². The Bertz CT molecular complexity index is 1310. The average Bonchev–Trinajstić information content (AvgIpc) is 2.87. The maximum atomic E-state index is 13.6. The van der Waals surface area contributed by atoms with Crippen LogP contribution in [0.1, 0.15) is 56.2 Å². The van der Waals surface area contributed by atoms with Gasteiger partial charge in [0.05, 0.1) is 11.5 Å². The summed E-state index contributed by atoms with van der Waals surface area (Å²) in [4.78, 5) is 14.8. The van der Waals surface area contributed by atoms with Crippen LogP contribution in [0, 0.1) is 0 Å². The summed E-state index contributed by atoms with van der Waals surface area (Å²) >= 11 is 0. The van der Waals surface area contributed by atoms with Crippen LogP contribution in [-0.2, 0) is 27.6 Å². The number of rotatable bonds is 10. The van der Waals surface area contributed by atoms with Crippen LogP contribution in [0.2, 0.25) is 0 Å². The van der Waals surface area contributed by atoms with Gasteiger partial charge in [-0.05, 0) is 61.2 Å². The quantitative estimate of drug-likeness (QED) is 0.269. The summed E-state index contributed by atoms with van der Waals surface area (Å²) in [6.45, 7) is 6.11. The van der Waals surface area contributed by atoms with E-state index in [1.165, 1.54) is 12.1 Å². The zero-order valence-electron chi connectivity index (χ0n) is 20.9. The highest BCUT2D eigenvalue weighted by Crippen LogP contribution is 2.31. The normalized spacial score (nSPS) is 13.6. The third-order valence-corrected chi connectivity index (χ3v) is 7.46. The molecule has 2 atom stereocenters. The maximum absolute atomic E-state index is 13.6. The maximum Gasteiger partial charge on any atom is 0.416 e. The molecule has 0 spiro atoms. The van der Waals surface area contributed by atoms with Gasteiger partial charge in [0.15, 0.2) is 0 Å². The van der Waals surface area contributed by atoms with Crippen LogP contribution in [0.4, 0.5) is 13.2 Å². The second-order valence-corrected chi connectivity index (χ2v) is 10.4. The zero-order valence-corrected chi connectivity index (χ0v) is 21.7. The summed E-state index contributed by atoms with van der Waals surface area (Å²) in [5.41, 5.74) is 0.471. The van der Waals surface area contributed by atoms with E-state index in [4.69, 9.17) is 4.18 Å². The van der Waals surface area contributed by atoms with Crippen LogP contribution in [0.25, 0.3) is 0 Å². The van der Waals surface area contributed by atoms with Gasteiger partial charge in [0.2, 0.25) is 5.91 Å². The van der Waals surface area contributed by atoms with Crippen LogP contribution in [0.5, 0.6) is 5.75 Å². The number of hydrogen-bond acceptors (Lipinski definition) is 4.